The molecule has 1 N–H and O–H groups in total. The van der Waals surface area contributed by atoms with Gasteiger partial charge in [-0.25, -0.2) is 0 Å². The number of benzene rings is 1. The van der Waals surface area contributed by atoms with E-state index < -0.39 is 0 Å². The molecule has 0 radical (unpaired) electrons. The normalized spacial score (nSPS) is 25.7. The quantitative estimate of drug-likeness (QED) is 0.796. The van der Waals surface area contributed by atoms with Gasteiger partial charge in [-0.3, -0.25) is 0 Å². The predicted molar refractivity (Wildman–Crippen MR) is 65.1 cm³/mol. The zero-order chi connectivity index (χ0) is 10.7. The lowest BCUT2D eigenvalue weighted by atomic mass is 9.91. The van der Waals surface area contributed by atoms with Crippen LogP contribution in [0.3, 0.4) is 0 Å². The summed E-state index contributed by atoms with van der Waals surface area (Å²) in [5.74, 6) is 0. The van der Waals surface area contributed by atoms with Gasteiger partial charge in [-0.05, 0) is 57.2 Å². The summed E-state index contributed by atoms with van der Waals surface area (Å²) in [5.41, 5.74) is 3.33. The average Bonchev–Trinajstić information content (AvgIpc) is 2.65. The van der Waals surface area contributed by atoms with Crippen molar-refractivity contribution in [1.82, 2.24) is 5.32 Å². The zero-order valence-corrected chi connectivity index (χ0v) is 9.84. The van der Waals surface area contributed by atoms with E-state index in [0.29, 0.717) is 5.54 Å². The van der Waals surface area contributed by atoms with Crippen molar-refractivity contribution in [3.8, 4) is 0 Å². The molecule has 1 aromatic rings. The number of aryl methyl sites for hydroxylation is 2. The van der Waals surface area contributed by atoms with E-state index in [1.165, 1.54) is 43.4 Å². The van der Waals surface area contributed by atoms with Gasteiger partial charge in [0.05, 0.1) is 0 Å². The maximum Gasteiger partial charge on any atom is 0.0157 e. The Kier molecular flexibility index (Phi) is 3.11. The molecule has 1 saturated heterocycles. The fourth-order valence-electron chi connectivity index (χ4n) is 2.47. The third-order valence-electron chi connectivity index (χ3n) is 3.66. The summed E-state index contributed by atoms with van der Waals surface area (Å²) in [6.07, 6.45) is 5.14. The zero-order valence-electron chi connectivity index (χ0n) is 9.84. The van der Waals surface area contributed by atoms with E-state index in [9.17, 15) is 0 Å². The van der Waals surface area contributed by atoms with Crippen molar-refractivity contribution in [1.29, 1.82) is 0 Å². The van der Waals surface area contributed by atoms with Crippen LogP contribution >= 0.6 is 0 Å². The topological polar surface area (TPSA) is 12.0 Å². The van der Waals surface area contributed by atoms with Gasteiger partial charge in [0.2, 0.25) is 0 Å². The first-order valence-corrected chi connectivity index (χ1v) is 5.99. The molecule has 1 nitrogen and oxygen atoms in total. The molecule has 1 heterocycles. The number of rotatable bonds is 3. The Bertz CT molecular complexity index is 324. The Balaban J connectivity index is 1.95. The van der Waals surface area contributed by atoms with E-state index in [1.54, 1.807) is 0 Å². The number of hydrogen-bond donors (Lipinski definition) is 1. The van der Waals surface area contributed by atoms with Crippen LogP contribution in [0, 0.1) is 6.92 Å². The third kappa shape index (κ3) is 2.60. The summed E-state index contributed by atoms with van der Waals surface area (Å²) < 4.78 is 0. The lowest BCUT2D eigenvalue weighted by Gasteiger charge is -2.24. The van der Waals surface area contributed by atoms with E-state index >= 15 is 0 Å². The summed E-state index contributed by atoms with van der Waals surface area (Å²) in [7, 11) is 0. The van der Waals surface area contributed by atoms with Gasteiger partial charge in [-0.15, -0.1) is 0 Å². The molecular weight excluding hydrogens is 182 g/mol. The maximum absolute atomic E-state index is 3.62. The van der Waals surface area contributed by atoms with E-state index in [4.69, 9.17) is 0 Å². The summed E-state index contributed by atoms with van der Waals surface area (Å²) in [4.78, 5) is 0. The maximum atomic E-state index is 3.62. The largest absolute Gasteiger partial charge is 0.312 e. The first kappa shape index (κ1) is 10.7. The van der Waals surface area contributed by atoms with E-state index in [-0.39, 0.29) is 0 Å². The molecule has 2 rings (SSSR count). The fraction of sp³-hybridized carbons (Fsp3) is 0.571. The van der Waals surface area contributed by atoms with Crippen molar-refractivity contribution in [2.75, 3.05) is 6.54 Å². The van der Waals surface area contributed by atoms with Gasteiger partial charge in [-0.2, -0.15) is 0 Å². The van der Waals surface area contributed by atoms with Gasteiger partial charge in [0, 0.05) is 5.54 Å². The SMILES string of the molecule is Cc1ccccc1CCC1(C)CCCN1. The molecule has 0 spiro atoms. The number of hydrogen-bond acceptors (Lipinski definition) is 1. The second kappa shape index (κ2) is 4.36. The van der Waals surface area contributed by atoms with Crippen molar-refractivity contribution in [3.05, 3.63) is 35.4 Å². The molecule has 0 aliphatic carbocycles. The summed E-state index contributed by atoms with van der Waals surface area (Å²) >= 11 is 0. The van der Waals surface area contributed by atoms with Crippen molar-refractivity contribution < 1.29 is 0 Å². The van der Waals surface area contributed by atoms with E-state index in [0.717, 1.165) is 0 Å². The van der Waals surface area contributed by atoms with Crippen LogP contribution in [0.2, 0.25) is 0 Å². The molecule has 1 aliphatic rings. The first-order valence-electron chi connectivity index (χ1n) is 5.99. The molecule has 1 aliphatic heterocycles. The highest BCUT2D eigenvalue weighted by molar-refractivity contribution is 5.25. The van der Waals surface area contributed by atoms with Gasteiger partial charge in [-0.1, -0.05) is 24.3 Å². The summed E-state index contributed by atoms with van der Waals surface area (Å²) in [6, 6.07) is 8.73. The lowest BCUT2D eigenvalue weighted by Crippen LogP contribution is -2.36. The molecule has 1 unspecified atom stereocenters. The molecule has 82 valence electrons. The Labute approximate surface area is 92.9 Å². The van der Waals surface area contributed by atoms with Gasteiger partial charge in [0.1, 0.15) is 0 Å². The monoisotopic (exact) mass is 203 g/mol. The third-order valence-corrected chi connectivity index (χ3v) is 3.66. The molecule has 1 atom stereocenters. The van der Waals surface area contributed by atoms with Crippen molar-refractivity contribution in [2.24, 2.45) is 0 Å². The van der Waals surface area contributed by atoms with Crippen LogP contribution in [-0.2, 0) is 6.42 Å². The first-order chi connectivity index (χ1) is 7.20. The van der Waals surface area contributed by atoms with E-state index in [2.05, 4.69) is 43.4 Å². The summed E-state index contributed by atoms with van der Waals surface area (Å²) in [6.45, 7) is 5.77. The molecule has 0 bridgehead atoms. The minimum absolute atomic E-state index is 0.391. The molecule has 1 heteroatoms. The molecule has 0 saturated carbocycles. The Morgan fingerprint density at radius 2 is 2.13 bits per heavy atom. The molecule has 0 amide bonds. The van der Waals surface area contributed by atoms with Gasteiger partial charge < -0.3 is 5.32 Å². The predicted octanol–water partition coefficient (Wildman–Crippen LogP) is 3.07. The van der Waals surface area contributed by atoms with Gasteiger partial charge in [0.15, 0.2) is 0 Å². The van der Waals surface area contributed by atoms with Crippen molar-refractivity contribution in [2.45, 2.75) is 45.1 Å². The van der Waals surface area contributed by atoms with Gasteiger partial charge in [0.25, 0.3) is 0 Å². The molecule has 1 fully saturated rings. The highest BCUT2D eigenvalue weighted by Crippen LogP contribution is 2.24. The van der Waals surface area contributed by atoms with Crippen LogP contribution in [0.4, 0.5) is 0 Å². The standard InChI is InChI=1S/C14H21N/c1-12-6-3-4-7-13(12)8-10-14(2)9-5-11-15-14/h3-4,6-7,15H,5,8-11H2,1-2H3. The minimum Gasteiger partial charge on any atom is -0.312 e. The second-order valence-electron chi connectivity index (χ2n) is 5.02. The van der Waals surface area contributed by atoms with Crippen LogP contribution in [0.1, 0.15) is 37.3 Å². The Morgan fingerprint density at radius 1 is 1.33 bits per heavy atom. The average molecular weight is 203 g/mol. The Morgan fingerprint density at radius 3 is 2.80 bits per heavy atom. The fourth-order valence-corrected chi connectivity index (χ4v) is 2.47. The lowest BCUT2D eigenvalue weighted by molar-refractivity contribution is 0.384. The van der Waals surface area contributed by atoms with Gasteiger partial charge >= 0.3 is 0 Å². The molecular formula is C14H21N. The minimum atomic E-state index is 0.391. The van der Waals surface area contributed by atoms with Crippen LogP contribution in [0.15, 0.2) is 24.3 Å². The van der Waals surface area contributed by atoms with Crippen LogP contribution in [0.25, 0.3) is 0 Å². The van der Waals surface area contributed by atoms with Crippen LogP contribution < -0.4 is 5.32 Å². The van der Waals surface area contributed by atoms with Crippen LogP contribution in [-0.4, -0.2) is 12.1 Å². The highest BCUT2D eigenvalue weighted by Gasteiger charge is 2.27. The summed E-state index contributed by atoms with van der Waals surface area (Å²) in [5, 5.41) is 3.62. The van der Waals surface area contributed by atoms with E-state index in [1.807, 2.05) is 0 Å². The van der Waals surface area contributed by atoms with Crippen molar-refractivity contribution >= 4 is 0 Å². The smallest absolute Gasteiger partial charge is 0.0157 e. The Hall–Kier alpha value is -0.820. The van der Waals surface area contributed by atoms with Crippen LogP contribution in [0.5, 0.6) is 0 Å². The van der Waals surface area contributed by atoms with Crippen molar-refractivity contribution in [3.63, 3.8) is 0 Å². The molecule has 0 aromatic heterocycles. The molecule has 1 aromatic carbocycles. The molecule has 15 heavy (non-hydrogen) atoms. The second-order valence-corrected chi connectivity index (χ2v) is 5.02. The number of nitrogens with one attached hydrogen (secondary N) is 1. The highest BCUT2D eigenvalue weighted by atomic mass is 15.0.